The molecule has 46 heavy (non-hydrogen) atoms. The van der Waals surface area contributed by atoms with Gasteiger partial charge in [0.1, 0.15) is 6.10 Å². The summed E-state index contributed by atoms with van der Waals surface area (Å²) in [5.41, 5.74) is 0. The smallest absolute Gasteiger partial charge is 0.306 e. The van der Waals surface area contributed by atoms with Crippen LogP contribution < -0.4 is 0 Å². The maximum absolute atomic E-state index is 12.5. The number of hydrogen-bond acceptors (Lipinski definition) is 3. The Kier molecular flexibility index (Phi) is 35.6. The maximum Gasteiger partial charge on any atom is 0.306 e. The van der Waals surface area contributed by atoms with Gasteiger partial charge in [0.25, 0.3) is 0 Å². The van der Waals surface area contributed by atoms with Crippen LogP contribution in [-0.2, 0) is 9.53 Å². The van der Waals surface area contributed by atoms with Crippen LogP contribution in [0.25, 0.3) is 0 Å². The molecular formula is C43H75NO2. The Hall–Kier alpha value is -2.13. The molecule has 0 saturated carbocycles. The van der Waals surface area contributed by atoms with E-state index >= 15 is 0 Å². The quantitative estimate of drug-likeness (QED) is 0.0407. The molecule has 3 heteroatoms. The van der Waals surface area contributed by atoms with Gasteiger partial charge in [-0.3, -0.25) is 4.79 Å². The van der Waals surface area contributed by atoms with E-state index < -0.39 is 0 Å². The molecule has 0 rings (SSSR count). The predicted octanol–water partition coefficient (Wildman–Crippen LogP) is 13.2. The highest BCUT2D eigenvalue weighted by Crippen LogP contribution is 2.18. The number of carbonyl (C=O) groups excluding carboxylic acids is 1. The van der Waals surface area contributed by atoms with Crippen LogP contribution >= 0.6 is 0 Å². The highest BCUT2D eigenvalue weighted by Gasteiger charge is 2.14. The van der Waals surface area contributed by atoms with Gasteiger partial charge in [-0.15, -0.1) is 0 Å². The van der Waals surface area contributed by atoms with Gasteiger partial charge in [-0.1, -0.05) is 138 Å². The lowest BCUT2D eigenvalue weighted by atomic mass is 10.0. The van der Waals surface area contributed by atoms with E-state index in [-0.39, 0.29) is 12.1 Å². The summed E-state index contributed by atoms with van der Waals surface area (Å²) in [6.07, 6.45) is 55.0. The van der Waals surface area contributed by atoms with E-state index in [1.54, 1.807) is 0 Å². The zero-order chi connectivity index (χ0) is 33.6. The summed E-state index contributed by atoms with van der Waals surface area (Å²) in [4.78, 5) is 14.6. The number of carbonyl (C=O) groups is 1. The predicted molar refractivity (Wildman–Crippen MR) is 205 cm³/mol. The fraction of sp³-hybridized carbons (Fsp3) is 0.698. The fourth-order valence-electron chi connectivity index (χ4n) is 5.38. The van der Waals surface area contributed by atoms with Crippen molar-refractivity contribution in [3.8, 4) is 0 Å². The molecule has 0 unspecified atom stereocenters. The van der Waals surface area contributed by atoms with E-state index in [2.05, 4.69) is 106 Å². The molecule has 3 nitrogen and oxygen atoms in total. The Labute approximate surface area is 287 Å². The molecule has 0 saturated heterocycles. The molecule has 0 spiro atoms. The van der Waals surface area contributed by atoms with Crippen LogP contribution in [0.2, 0.25) is 0 Å². The van der Waals surface area contributed by atoms with Crippen molar-refractivity contribution in [3.63, 3.8) is 0 Å². The molecule has 0 aliphatic carbocycles. The summed E-state index contributed by atoms with van der Waals surface area (Å²) in [5, 5.41) is 0. The van der Waals surface area contributed by atoms with Crippen molar-refractivity contribution < 1.29 is 9.53 Å². The van der Waals surface area contributed by atoms with Gasteiger partial charge in [0, 0.05) is 6.42 Å². The summed E-state index contributed by atoms with van der Waals surface area (Å²) in [5.74, 6) is 0.000557. The van der Waals surface area contributed by atoms with E-state index in [9.17, 15) is 4.79 Å². The number of ether oxygens (including phenoxy) is 1. The summed E-state index contributed by atoms with van der Waals surface area (Å²) >= 11 is 0. The van der Waals surface area contributed by atoms with Crippen LogP contribution in [0.4, 0.5) is 0 Å². The molecule has 0 heterocycles. The van der Waals surface area contributed by atoms with E-state index in [0.29, 0.717) is 6.42 Å². The first kappa shape index (κ1) is 43.9. The van der Waals surface area contributed by atoms with Crippen LogP contribution in [-0.4, -0.2) is 37.6 Å². The van der Waals surface area contributed by atoms with Crippen molar-refractivity contribution in [2.24, 2.45) is 0 Å². The highest BCUT2D eigenvalue weighted by atomic mass is 16.5. The van der Waals surface area contributed by atoms with Crippen LogP contribution in [0, 0.1) is 0 Å². The normalized spacial score (nSPS) is 13.3. The average molecular weight is 638 g/mol. The molecular weight excluding hydrogens is 562 g/mol. The maximum atomic E-state index is 12.5. The van der Waals surface area contributed by atoms with E-state index in [1.807, 2.05) is 0 Å². The molecule has 0 N–H and O–H groups in total. The largest absolute Gasteiger partial charge is 0.462 e. The summed E-state index contributed by atoms with van der Waals surface area (Å²) in [7, 11) is 4.11. The van der Waals surface area contributed by atoms with Crippen molar-refractivity contribution in [1.29, 1.82) is 0 Å². The molecule has 0 aromatic carbocycles. The van der Waals surface area contributed by atoms with Gasteiger partial charge in [0.05, 0.1) is 0 Å². The molecule has 264 valence electrons. The summed E-state index contributed by atoms with van der Waals surface area (Å²) in [6.45, 7) is 5.29. The van der Waals surface area contributed by atoms with Crippen LogP contribution in [0.3, 0.4) is 0 Å². The molecule has 0 radical (unpaired) electrons. The van der Waals surface area contributed by atoms with Gasteiger partial charge in [-0.2, -0.15) is 0 Å². The fourth-order valence-corrected chi connectivity index (χ4v) is 5.38. The van der Waals surface area contributed by atoms with Gasteiger partial charge in [0.15, 0.2) is 0 Å². The second kappa shape index (κ2) is 37.3. The zero-order valence-electron chi connectivity index (χ0n) is 30.9. The number of nitrogens with zero attached hydrogens (tertiary/aromatic N) is 1. The molecule has 0 atom stereocenters. The molecule has 0 aliphatic heterocycles. The number of hydrogen-bond donors (Lipinski definition) is 0. The van der Waals surface area contributed by atoms with Crippen molar-refractivity contribution in [2.75, 3.05) is 20.6 Å². The lowest BCUT2D eigenvalue weighted by Gasteiger charge is -2.18. The molecule has 0 fully saturated rings. The monoisotopic (exact) mass is 638 g/mol. The first-order chi connectivity index (χ1) is 22.6. The minimum absolute atomic E-state index is 0.000557. The average Bonchev–Trinajstić information content (AvgIpc) is 3.04. The Morgan fingerprint density at radius 3 is 1.28 bits per heavy atom. The third kappa shape index (κ3) is 36.3. The van der Waals surface area contributed by atoms with E-state index in [1.165, 1.54) is 89.9 Å². The molecule has 0 amide bonds. The lowest BCUT2D eigenvalue weighted by Crippen LogP contribution is -2.20. The second-order valence-electron chi connectivity index (χ2n) is 13.0. The van der Waals surface area contributed by atoms with Crippen molar-refractivity contribution >= 4 is 5.97 Å². The van der Waals surface area contributed by atoms with Crippen LogP contribution in [0.15, 0.2) is 72.9 Å². The van der Waals surface area contributed by atoms with Gasteiger partial charge < -0.3 is 9.64 Å². The second-order valence-corrected chi connectivity index (χ2v) is 13.0. The number of esters is 1. The number of allylic oxidation sites excluding steroid dienone is 12. The third-order valence-corrected chi connectivity index (χ3v) is 8.14. The standard InChI is InChI=1S/C43H75NO2/c1-5-7-9-11-13-15-17-19-21-23-25-27-29-31-33-35-38-42(46-43(45)40-37-41-44(3)4)39-36-34-32-30-28-26-24-22-20-18-16-14-12-10-8-6-2/h7-10,13-16,19-22,42H,5-6,11-12,17-18,23-41H2,1-4H3. The summed E-state index contributed by atoms with van der Waals surface area (Å²) < 4.78 is 5.99. The van der Waals surface area contributed by atoms with Gasteiger partial charge in [-0.25, -0.2) is 0 Å². The van der Waals surface area contributed by atoms with Crippen LogP contribution in [0.5, 0.6) is 0 Å². The van der Waals surface area contributed by atoms with Crippen molar-refractivity contribution in [3.05, 3.63) is 72.9 Å². The Balaban J connectivity index is 4.05. The molecule has 0 aromatic rings. The molecule has 0 aromatic heterocycles. The Bertz CT molecular complexity index is 763. The van der Waals surface area contributed by atoms with Gasteiger partial charge in [0.2, 0.25) is 0 Å². The van der Waals surface area contributed by atoms with Crippen molar-refractivity contribution in [1.82, 2.24) is 4.90 Å². The SMILES string of the molecule is CCC=CCC=CCC=CCCCCCCCCC(CCCCCCCCC=CCC=CCC=CCC)OC(=O)CCCN(C)C. The van der Waals surface area contributed by atoms with Crippen LogP contribution in [0.1, 0.15) is 168 Å². The first-order valence-corrected chi connectivity index (χ1v) is 19.3. The molecule has 0 aliphatic rings. The highest BCUT2D eigenvalue weighted by molar-refractivity contribution is 5.69. The van der Waals surface area contributed by atoms with Gasteiger partial charge in [-0.05, 0) is 117 Å². The Morgan fingerprint density at radius 2 is 0.870 bits per heavy atom. The van der Waals surface area contributed by atoms with Gasteiger partial charge >= 0.3 is 5.97 Å². The van der Waals surface area contributed by atoms with Crippen molar-refractivity contribution in [2.45, 2.75) is 174 Å². The lowest BCUT2D eigenvalue weighted by molar-refractivity contribution is -0.150. The summed E-state index contributed by atoms with van der Waals surface area (Å²) in [6, 6.07) is 0. The topological polar surface area (TPSA) is 29.5 Å². The zero-order valence-corrected chi connectivity index (χ0v) is 30.9. The minimum Gasteiger partial charge on any atom is -0.462 e. The number of unbranched alkanes of at least 4 members (excludes halogenated alkanes) is 12. The van der Waals surface area contributed by atoms with E-state index in [4.69, 9.17) is 4.74 Å². The first-order valence-electron chi connectivity index (χ1n) is 19.3. The minimum atomic E-state index is 0.000557. The molecule has 0 bridgehead atoms. The Morgan fingerprint density at radius 1 is 0.500 bits per heavy atom. The van der Waals surface area contributed by atoms with E-state index in [0.717, 1.165) is 64.3 Å². The number of rotatable bonds is 33. The third-order valence-electron chi connectivity index (χ3n) is 8.14.